The van der Waals surface area contributed by atoms with Gasteiger partial charge in [-0.2, -0.15) is 0 Å². The Hall–Kier alpha value is -1.89. The second kappa shape index (κ2) is 3.88. The number of primary amides is 1. The second-order valence-electron chi connectivity index (χ2n) is 2.77. The van der Waals surface area contributed by atoms with Crippen molar-refractivity contribution in [2.75, 3.05) is 0 Å². The summed E-state index contributed by atoms with van der Waals surface area (Å²) in [7, 11) is 0. The summed E-state index contributed by atoms with van der Waals surface area (Å²) >= 11 is 0. The molecule has 1 aromatic rings. The standard InChI is InChI=1S/C7H10N4O3/c8-4(6(9)13)3-11-2-1-5(12)10-7(11)14/h1-2,4H,3,8H2,(H2,9,13)(H,10,12,14). The summed E-state index contributed by atoms with van der Waals surface area (Å²) in [6.07, 6.45) is 1.25. The molecule has 0 spiro atoms. The van der Waals surface area contributed by atoms with Gasteiger partial charge in [0, 0.05) is 12.3 Å². The Morgan fingerprint density at radius 2 is 2.21 bits per heavy atom. The molecule has 1 rings (SSSR count). The molecule has 0 saturated heterocycles. The van der Waals surface area contributed by atoms with Gasteiger partial charge in [-0.25, -0.2) is 4.79 Å². The van der Waals surface area contributed by atoms with Gasteiger partial charge in [0.15, 0.2) is 0 Å². The van der Waals surface area contributed by atoms with Crippen molar-refractivity contribution in [3.8, 4) is 0 Å². The lowest BCUT2D eigenvalue weighted by Crippen LogP contribution is -2.43. The minimum absolute atomic E-state index is 0.0506. The highest BCUT2D eigenvalue weighted by atomic mass is 16.2. The average molecular weight is 198 g/mol. The first-order valence-corrected chi connectivity index (χ1v) is 3.85. The van der Waals surface area contributed by atoms with E-state index in [4.69, 9.17) is 11.5 Å². The van der Waals surface area contributed by atoms with Crippen LogP contribution in [0.1, 0.15) is 0 Å². The first kappa shape index (κ1) is 10.2. The number of nitrogens with zero attached hydrogens (tertiary/aromatic N) is 1. The molecule has 0 aliphatic carbocycles. The quantitative estimate of drug-likeness (QED) is 0.490. The first-order chi connectivity index (χ1) is 6.50. The normalized spacial score (nSPS) is 12.4. The van der Waals surface area contributed by atoms with Crippen molar-refractivity contribution >= 4 is 5.91 Å². The molecule has 0 aliphatic rings. The van der Waals surface area contributed by atoms with Gasteiger partial charge in [0.05, 0.1) is 6.54 Å². The molecule has 1 aromatic heterocycles. The van der Waals surface area contributed by atoms with Crippen LogP contribution in [0.5, 0.6) is 0 Å². The van der Waals surface area contributed by atoms with Crippen molar-refractivity contribution < 1.29 is 4.79 Å². The number of rotatable bonds is 3. The highest BCUT2D eigenvalue weighted by molar-refractivity contribution is 5.79. The van der Waals surface area contributed by atoms with Crippen LogP contribution in [0.3, 0.4) is 0 Å². The third-order valence-corrected chi connectivity index (χ3v) is 1.66. The monoisotopic (exact) mass is 198 g/mol. The molecule has 0 radical (unpaired) electrons. The lowest BCUT2D eigenvalue weighted by Gasteiger charge is -2.08. The maximum Gasteiger partial charge on any atom is 0.328 e. The highest BCUT2D eigenvalue weighted by Gasteiger charge is 2.10. The second-order valence-corrected chi connectivity index (χ2v) is 2.77. The fourth-order valence-electron chi connectivity index (χ4n) is 0.890. The van der Waals surface area contributed by atoms with E-state index >= 15 is 0 Å². The van der Waals surface area contributed by atoms with Gasteiger partial charge in [0.2, 0.25) is 5.91 Å². The molecule has 7 heteroatoms. The van der Waals surface area contributed by atoms with Gasteiger partial charge >= 0.3 is 5.69 Å². The zero-order valence-electron chi connectivity index (χ0n) is 7.27. The van der Waals surface area contributed by atoms with Gasteiger partial charge in [-0.3, -0.25) is 19.1 Å². The van der Waals surface area contributed by atoms with Gasteiger partial charge in [0.1, 0.15) is 6.04 Å². The van der Waals surface area contributed by atoms with E-state index in [-0.39, 0.29) is 6.54 Å². The summed E-state index contributed by atoms with van der Waals surface area (Å²) in [4.78, 5) is 34.4. The lowest BCUT2D eigenvalue weighted by molar-refractivity contribution is -0.119. The summed E-state index contributed by atoms with van der Waals surface area (Å²) in [6, 6.07) is 0.216. The number of nitrogens with one attached hydrogen (secondary N) is 1. The maximum absolute atomic E-state index is 11.1. The molecule has 0 saturated carbocycles. The van der Waals surface area contributed by atoms with Crippen LogP contribution in [0.15, 0.2) is 21.9 Å². The fourth-order valence-corrected chi connectivity index (χ4v) is 0.890. The van der Waals surface area contributed by atoms with Crippen LogP contribution in [-0.2, 0) is 11.3 Å². The van der Waals surface area contributed by atoms with Crippen molar-refractivity contribution in [3.63, 3.8) is 0 Å². The van der Waals surface area contributed by atoms with Crippen LogP contribution in [0.25, 0.3) is 0 Å². The zero-order chi connectivity index (χ0) is 10.7. The number of aromatic nitrogens is 2. The van der Waals surface area contributed by atoms with Crippen LogP contribution in [0, 0.1) is 0 Å². The van der Waals surface area contributed by atoms with Crippen molar-refractivity contribution in [2.45, 2.75) is 12.6 Å². The van der Waals surface area contributed by atoms with Gasteiger partial charge in [0.25, 0.3) is 5.56 Å². The van der Waals surface area contributed by atoms with Crippen molar-refractivity contribution in [3.05, 3.63) is 33.1 Å². The van der Waals surface area contributed by atoms with Gasteiger partial charge in [-0.1, -0.05) is 0 Å². The molecule has 0 aromatic carbocycles. The number of aromatic amines is 1. The average Bonchev–Trinajstić information content (AvgIpc) is 2.09. The molecule has 76 valence electrons. The third-order valence-electron chi connectivity index (χ3n) is 1.66. The summed E-state index contributed by atoms with van der Waals surface area (Å²) < 4.78 is 1.11. The molecular weight excluding hydrogens is 188 g/mol. The number of hydrogen-bond acceptors (Lipinski definition) is 4. The van der Waals surface area contributed by atoms with E-state index < -0.39 is 23.2 Å². The Bertz CT molecular complexity index is 447. The van der Waals surface area contributed by atoms with E-state index in [0.29, 0.717) is 0 Å². The molecule has 1 unspecified atom stereocenters. The fraction of sp³-hybridized carbons (Fsp3) is 0.286. The minimum atomic E-state index is -0.946. The van der Waals surface area contributed by atoms with Crippen molar-refractivity contribution in [2.24, 2.45) is 11.5 Å². The van der Waals surface area contributed by atoms with Crippen molar-refractivity contribution in [1.29, 1.82) is 0 Å². The van der Waals surface area contributed by atoms with E-state index in [0.717, 1.165) is 10.6 Å². The van der Waals surface area contributed by atoms with E-state index in [9.17, 15) is 14.4 Å². The molecule has 1 amide bonds. The Morgan fingerprint density at radius 3 is 2.71 bits per heavy atom. The van der Waals surface area contributed by atoms with E-state index in [2.05, 4.69) is 0 Å². The molecule has 0 bridgehead atoms. The zero-order valence-corrected chi connectivity index (χ0v) is 7.27. The predicted molar refractivity (Wildman–Crippen MR) is 48.5 cm³/mol. The Kier molecular flexibility index (Phi) is 2.82. The van der Waals surface area contributed by atoms with Gasteiger partial charge in [-0.05, 0) is 0 Å². The molecule has 14 heavy (non-hydrogen) atoms. The summed E-state index contributed by atoms with van der Waals surface area (Å²) in [6.45, 7) is -0.0506. The van der Waals surface area contributed by atoms with Crippen molar-refractivity contribution in [1.82, 2.24) is 9.55 Å². The van der Waals surface area contributed by atoms with Crippen LogP contribution in [0.4, 0.5) is 0 Å². The maximum atomic E-state index is 11.1. The smallest absolute Gasteiger partial charge is 0.328 e. The third kappa shape index (κ3) is 2.30. The molecular formula is C7H10N4O3. The van der Waals surface area contributed by atoms with Gasteiger partial charge < -0.3 is 11.5 Å². The number of amides is 1. The summed E-state index contributed by atoms with van der Waals surface area (Å²) in [5.74, 6) is -0.705. The predicted octanol–water partition coefficient (Wildman–Crippen LogP) is -2.65. The number of carbonyl (C=O) groups is 1. The number of H-pyrrole nitrogens is 1. The topological polar surface area (TPSA) is 124 Å². The Morgan fingerprint density at radius 1 is 1.57 bits per heavy atom. The summed E-state index contributed by atoms with van der Waals surface area (Å²) in [5, 5.41) is 0. The van der Waals surface area contributed by atoms with Gasteiger partial charge in [-0.15, -0.1) is 0 Å². The molecule has 7 nitrogen and oxygen atoms in total. The van der Waals surface area contributed by atoms with Crippen LogP contribution < -0.4 is 22.7 Å². The molecule has 1 atom stereocenters. The number of hydrogen-bond donors (Lipinski definition) is 3. The largest absolute Gasteiger partial charge is 0.368 e. The number of nitrogens with two attached hydrogens (primary N) is 2. The van der Waals surface area contributed by atoms with Crippen LogP contribution >= 0.6 is 0 Å². The molecule has 1 heterocycles. The molecule has 0 aliphatic heterocycles. The summed E-state index contributed by atoms with van der Waals surface area (Å²) in [5.41, 5.74) is 9.12. The molecule has 0 fully saturated rings. The lowest BCUT2D eigenvalue weighted by atomic mass is 10.3. The van der Waals surface area contributed by atoms with Crippen LogP contribution in [0.2, 0.25) is 0 Å². The van der Waals surface area contributed by atoms with E-state index in [1.165, 1.54) is 6.20 Å². The minimum Gasteiger partial charge on any atom is -0.368 e. The molecule has 5 N–H and O–H groups in total. The van der Waals surface area contributed by atoms with E-state index in [1.54, 1.807) is 0 Å². The first-order valence-electron chi connectivity index (χ1n) is 3.85. The van der Waals surface area contributed by atoms with E-state index in [1.807, 2.05) is 4.98 Å². The number of carbonyl (C=O) groups excluding carboxylic acids is 1. The Labute approximate surface area is 78.3 Å². The highest BCUT2D eigenvalue weighted by Crippen LogP contribution is 1.82. The Balaban J connectivity index is 2.93. The SMILES string of the molecule is NC(=O)C(N)Cn1ccc(=O)[nH]c1=O. The van der Waals surface area contributed by atoms with Crippen LogP contribution in [-0.4, -0.2) is 21.5 Å².